The Labute approximate surface area is 124 Å². The third-order valence-corrected chi connectivity index (χ3v) is 3.80. The van der Waals surface area contributed by atoms with Gasteiger partial charge in [-0.05, 0) is 48.7 Å². The number of pyridine rings is 1. The number of fused-ring (bicyclic) bond motifs is 1. The lowest BCUT2D eigenvalue weighted by molar-refractivity contribution is 1.14. The van der Waals surface area contributed by atoms with Crippen molar-refractivity contribution in [1.82, 2.24) is 4.98 Å². The van der Waals surface area contributed by atoms with Crippen molar-refractivity contribution in [3.63, 3.8) is 0 Å². The zero-order valence-electron chi connectivity index (χ0n) is 12.2. The summed E-state index contributed by atoms with van der Waals surface area (Å²) < 4.78 is 0. The smallest absolute Gasteiger partial charge is 0.0991 e. The number of nitrogens with zero attached hydrogens (tertiary/aromatic N) is 2. The van der Waals surface area contributed by atoms with Crippen molar-refractivity contribution in [2.45, 2.75) is 20.3 Å². The Hall–Kier alpha value is -2.66. The molecule has 0 aliphatic carbocycles. The maximum atomic E-state index is 9.00. The Morgan fingerprint density at radius 3 is 2.48 bits per heavy atom. The van der Waals surface area contributed by atoms with Crippen LogP contribution in [0.2, 0.25) is 0 Å². The number of nitriles is 1. The third-order valence-electron chi connectivity index (χ3n) is 3.80. The molecule has 0 aliphatic heterocycles. The van der Waals surface area contributed by atoms with Crippen LogP contribution in [0.1, 0.15) is 23.6 Å². The van der Waals surface area contributed by atoms with Gasteiger partial charge in [0.1, 0.15) is 0 Å². The topological polar surface area (TPSA) is 36.7 Å². The van der Waals surface area contributed by atoms with E-state index in [0.29, 0.717) is 5.56 Å². The first-order valence-electron chi connectivity index (χ1n) is 7.12. The molecule has 0 atom stereocenters. The number of aromatic nitrogens is 1. The lowest BCUT2D eigenvalue weighted by atomic mass is 10.0. The molecule has 0 spiro atoms. The minimum atomic E-state index is 0.674. The van der Waals surface area contributed by atoms with Crippen molar-refractivity contribution in [2.24, 2.45) is 0 Å². The molecule has 2 nitrogen and oxygen atoms in total. The van der Waals surface area contributed by atoms with Gasteiger partial charge < -0.3 is 0 Å². The molecule has 2 aromatic carbocycles. The standard InChI is InChI=1S/C19H16N2/c1-3-14-4-7-16(8-5-14)19-10-13(2)17-11-15(12-20)6-9-18(17)21-19/h4-11H,3H2,1-2H3. The summed E-state index contributed by atoms with van der Waals surface area (Å²) in [5.41, 5.74) is 6.19. The molecular formula is C19H16N2. The van der Waals surface area contributed by atoms with Gasteiger partial charge in [0.25, 0.3) is 0 Å². The van der Waals surface area contributed by atoms with Gasteiger partial charge in [-0.2, -0.15) is 5.26 Å². The molecule has 0 radical (unpaired) electrons. The Balaban J connectivity index is 2.13. The second-order valence-corrected chi connectivity index (χ2v) is 5.22. The molecule has 21 heavy (non-hydrogen) atoms. The predicted octanol–water partition coefficient (Wildman–Crippen LogP) is 4.64. The number of hydrogen-bond acceptors (Lipinski definition) is 2. The number of aryl methyl sites for hydroxylation is 2. The van der Waals surface area contributed by atoms with Crippen LogP contribution in [0.15, 0.2) is 48.5 Å². The van der Waals surface area contributed by atoms with Gasteiger partial charge in [-0.25, -0.2) is 4.98 Å². The van der Waals surface area contributed by atoms with Crippen LogP contribution in [0.25, 0.3) is 22.2 Å². The van der Waals surface area contributed by atoms with Gasteiger partial charge in [0.05, 0.1) is 22.8 Å². The molecule has 2 heteroatoms. The van der Waals surface area contributed by atoms with Gasteiger partial charge in [-0.3, -0.25) is 0 Å². The number of benzene rings is 2. The van der Waals surface area contributed by atoms with Crippen molar-refractivity contribution in [3.8, 4) is 17.3 Å². The largest absolute Gasteiger partial charge is 0.248 e. The first kappa shape index (κ1) is 13.3. The normalized spacial score (nSPS) is 10.5. The third kappa shape index (κ3) is 2.51. The van der Waals surface area contributed by atoms with Gasteiger partial charge in [-0.1, -0.05) is 31.2 Å². The van der Waals surface area contributed by atoms with Crippen LogP contribution in [-0.4, -0.2) is 4.98 Å². The summed E-state index contributed by atoms with van der Waals surface area (Å²) in [4.78, 5) is 4.73. The van der Waals surface area contributed by atoms with Crippen LogP contribution in [0.5, 0.6) is 0 Å². The number of rotatable bonds is 2. The monoisotopic (exact) mass is 272 g/mol. The summed E-state index contributed by atoms with van der Waals surface area (Å²) in [6, 6.07) is 18.4. The SMILES string of the molecule is CCc1ccc(-c2cc(C)c3cc(C#N)ccc3n2)cc1. The molecule has 102 valence electrons. The fourth-order valence-electron chi connectivity index (χ4n) is 2.52. The summed E-state index contributed by atoms with van der Waals surface area (Å²) in [6.07, 6.45) is 1.04. The lowest BCUT2D eigenvalue weighted by Gasteiger charge is -2.08. The zero-order chi connectivity index (χ0) is 14.8. The maximum Gasteiger partial charge on any atom is 0.0991 e. The van der Waals surface area contributed by atoms with E-state index in [-0.39, 0.29) is 0 Å². The molecule has 0 fully saturated rings. The van der Waals surface area contributed by atoms with E-state index >= 15 is 0 Å². The summed E-state index contributed by atoms with van der Waals surface area (Å²) in [5.74, 6) is 0. The highest BCUT2D eigenvalue weighted by Gasteiger charge is 2.06. The molecule has 0 unspecified atom stereocenters. The highest BCUT2D eigenvalue weighted by molar-refractivity contribution is 5.86. The van der Waals surface area contributed by atoms with Crippen LogP contribution in [-0.2, 0) is 6.42 Å². The highest BCUT2D eigenvalue weighted by atomic mass is 14.7. The molecule has 0 saturated carbocycles. The van der Waals surface area contributed by atoms with Gasteiger partial charge in [0, 0.05) is 10.9 Å². The molecule has 0 N–H and O–H groups in total. The van der Waals surface area contributed by atoms with Gasteiger partial charge in [-0.15, -0.1) is 0 Å². The average Bonchev–Trinajstić information content (AvgIpc) is 2.54. The summed E-state index contributed by atoms with van der Waals surface area (Å²) in [7, 11) is 0. The summed E-state index contributed by atoms with van der Waals surface area (Å²) >= 11 is 0. The van der Waals surface area contributed by atoms with E-state index < -0.39 is 0 Å². The van der Waals surface area contributed by atoms with Crippen LogP contribution >= 0.6 is 0 Å². The van der Waals surface area contributed by atoms with Gasteiger partial charge in [0.2, 0.25) is 0 Å². The minimum Gasteiger partial charge on any atom is -0.248 e. The van der Waals surface area contributed by atoms with Crippen LogP contribution < -0.4 is 0 Å². The first-order valence-corrected chi connectivity index (χ1v) is 7.12. The lowest BCUT2D eigenvalue weighted by Crippen LogP contribution is -1.90. The van der Waals surface area contributed by atoms with E-state index in [0.717, 1.165) is 34.1 Å². The first-order chi connectivity index (χ1) is 10.2. The fourth-order valence-corrected chi connectivity index (χ4v) is 2.52. The average molecular weight is 272 g/mol. The van der Waals surface area contributed by atoms with Gasteiger partial charge >= 0.3 is 0 Å². The quantitative estimate of drug-likeness (QED) is 0.681. The van der Waals surface area contributed by atoms with Crippen molar-refractivity contribution in [2.75, 3.05) is 0 Å². The van der Waals surface area contributed by atoms with E-state index in [1.807, 2.05) is 18.2 Å². The predicted molar refractivity (Wildman–Crippen MR) is 86.0 cm³/mol. The molecule has 1 heterocycles. The second-order valence-electron chi connectivity index (χ2n) is 5.22. The molecule has 0 amide bonds. The maximum absolute atomic E-state index is 9.00. The molecule has 3 rings (SSSR count). The summed E-state index contributed by atoms with van der Waals surface area (Å²) in [6.45, 7) is 4.22. The van der Waals surface area contributed by atoms with Crippen LogP contribution in [0.4, 0.5) is 0 Å². The molecular weight excluding hydrogens is 256 g/mol. The Kier molecular flexibility index (Phi) is 3.41. The number of hydrogen-bond donors (Lipinski definition) is 0. The van der Waals surface area contributed by atoms with Gasteiger partial charge in [0.15, 0.2) is 0 Å². The highest BCUT2D eigenvalue weighted by Crippen LogP contribution is 2.25. The second kappa shape index (κ2) is 5.38. The van der Waals surface area contributed by atoms with E-state index in [9.17, 15) is 0 Å². The van der Waals surface area contributed by atoms with E-state index in [4.69, 9.17) is 10.2 Å². The molecule has 0 saturated heterocycles. The summed E-state index contributed by atoms with van der Waals surface area (Å²) in [5, 5.41) is 10.0. The Bertz CT molecular complexity index is 840. The van der Waals surface area contributed by atoms with Crippen LogP contribution in [0.3, 0.4) is 0 Å². The van der Waals surface area contributed by atoms with Crippen molar-refractivity contribution in [3.05, 3.63) is 65.2 Å². The van der Waals surface area contributed by atoms with Crippen molar-refractivity contribution in [1.29, 1.82) is 5.26 Å². The van der Waals surface area contributed by atoms with E-state index in [2.05, 4.69) is 50.2 Å². The molecule has 0 aliphatic rings. The van der Waals surface area contributed by atoms with Crippen molar-refractivity contribution < 1.29 is 0 Å². The van der Waals surface area contributed by atoms with E-state index in [1.165, 1.54) is 5.56 Å². The Morgan fingerprint density at radius 1 is 1.05 bits per heavy atom. The van der Waals surface area contributed by atoms with Crippen molar-refractivity contribution >= 4 is 10.9 Å². The van der Waals surface area contributed by atoms with E-state index in [1.54, 1.807) is 0 Å². The zero-order valence-corrected chi connectivity index (χ0v) is 12.2. The molecule has 1 aromatic heterocycles. The minimum absolute atomic E-state index is 0.674. The molecule has 3 aromatic rings. The molecule has 0 bridgehead atoms. The fraction of sp³-hybridized carbons (Fsp3) is 0.158. The Morgan fingerprint density at radius 2 is 1.81 bits per heavy atom. The van der Waals surface area contributed by atoms with Crippen LogP contribution in [0, 0.1) is 18.3 Å².